The molecule has 0 radical (unpaired) electrons. The SMILES string of the molecule is C[C@@H](NC(=O)c1ccc2c(c1)C(=C(Nc1ccc(CN3CCN(C)CC3)cc1)c1ccccc1)C(=O)N2)c1ccccc1. The van der Waals surface area contributed by atoms with Gasteiger partial charge in [-0.15, -0.1) is 0 Å². The Kier molecular flexibility index (Phi) is 8.36. The summed E-state index contributed by atoms with van der Waals surface area (Å²) in [6.07, 6.45) is 0. The van der Waals surface area contributed by atoms with E-state index in [9.17, 15) is 9.59 Å². The molecular formula is C36H37N5O2. The number of carbonyl (C=O) groups is 2. The van der Waals surface area contributed by atoms with Gasteiger partial charge in [-0.2, -0.15) is 0 Å². The van der Waals surface area contributed by atoms with Gasteiger partial charge in [0.1, 0.15) is 0 Å². The lowest BCUT2D eigenvalue weighted by molar-refractivity contribution is -0.110. The molecule has 0 aromatic heterocycles. The second-order valence-electron chi connectivity index (χ2n) is 11.3. The van der Waals surface area contributed by atoms with Crippen LogP contribution in [-0.4, -0.2) is 54.8 Å². The Bertz CT molecular complexity index is 1630. The maximum atomic E-state index is 13.5. The first-order valence-electron chi connectivity index (χ1n) is 14.8. The number of amides is 2. The maximum absolute atomic E-state index is 13.5. The zero-order valence-corrected chi connectivity index (χ0v) is 24.6. The summed E-state index contributed by atoms with van der Waals surface area (Å²) in [4.78, 5) is 31.6. The summed E-state index contributed by atoms with van der Waals surface area (Å²) in [7, 11) is 2.17. The Hall–Kier alpha value is -4.72. The minimum absolute atomic E-state index is 0.155. The number of piperazine rings is 1. The first-order chi connectivity index (χ1) is 20.9. The number of likely N-dealkylation sites (N-methyl/N-ethyl adjacent to an activating group) is 1. The fourth-order valence-corrected chi connectivity index (χ4v) is 5.65. The van der Waals surface area contributed by atoms with Gasteiger partial charge in [0, 0.05) is 55.2 Å². The number of carbonyl (C=O) groups excluding carboxylic acids is 2. The fourth-order valence-electron chi connectivity index (χ4n) is 5.65. The number of fused-ring (bicyclic) bond motifs is 1. The Balaban J connectivity index is 1.28. The molecule has 0 bridgehead atoms. The van der Waals surface area contributed by atoms with Crippen molar-refractivity contribution in [2.75, 3.05) is 43.9 Å². The number of anilines is 2. The normalized spacial score (nSPS) is 17.1. The van der Waals surface area contributed by atoms with Gasteiger partial charge in [0.25, 0.3) is 11.8 Å². The highest BCUT2D eigenvalue weighted by atomic mass is 16.2. The van der Waals surface area contributed by atoms with Crippen molar-refractivity contribution in [3.8, 4) is 0 Å². The molecule has 0 unspecified atom stereocenters. The predicted octanol–water partition coefficient (Wildman–Crippen LogP) is 5.86. The maximum Gasteiger partial charge on any atom is 0.258 e. The smallest absolute Gasteiger partial charge is 0.258 e. The van der Waals surface area contributed by atoms with Crippen LogP contribution in [0.4, 0.5) is 11.4 Å². The van der Waals surface area contributed by atoms with Crippen LogP contribution >= 0.6 is 0 Å². The Morgan fingerprint density at radius 1 is 0.837 bits per heavy atom. The fraction of sp³-hybridized carbons (Fsp3) is 0.222. The number of hydrogen-bond donors (Lipinski definition) is 3. The molecule has 7 heteroatoms. The summed E-state index contributed by atoms with van der Waals surface area (Å²) in [6, 6.07) is 33.3. The minimum Gasteiger partial charge on any atom is -0.354 e. The molecule has 4 aromatic carbocycles. The molecule has 1 saturated heterocycles. The Morgan fingerprint density at radius 2 is 1.51 bits per heavy atom. The average Bonchev–Trinajstić information content (AvgIpc) is 3.37. The van der Waals surface area contributed by atoms with Gasteiger partial charge in [0.05, 0.1) is 17.3 Å². The number of nitrogens with one attached hydrogen (secondary N) is 3. The van der Waals surface area contributed by atoms with Crippen LogP contribution in [0, 0.1) is 0 Å². The van der Waals surface area contributed by atoms with Crippen LogP contribution in [0.5, 0.6) is 0 Å². The second-order valence-corrected chi connectivity index (χ2v) is 11.3. The summed E-state index contributed by atoms with van der Waals surface area (Å²) in [5.41, 5.74) is 7.14. The minimum atomic E-state index is -0.205. The quantitative estimate of drug-likeness (QED) is 0.231. The molecule has 43 heavy (non-hydrogen) atoms. The average molecular weight is 572 g/mol. The summed E-state index contributed by atoms with van der Waals surface area (Å²) in [5, 5.41) is 9.63. The van der Waals surface area contributed by atoms with Crippen LogP contribution in [0.25, 0.3) is 11.3 Å². The van der Waals surface area contributed by atoms with Crippen LogP contribution in [0.15, 0.2) is 103 Å². The van der Waals surface area contributed by atoms with Gasteiger partial charge < -0.3 is 20.9 Å². The van der Waals surface area contributed by atoms with Crippen molar-refractivity contribution in [2.45, 2.75) is 19.5 Å². The van der Waals surface area contributed by atoms with Crippen molar-refractivity contribution in [1.82, 2.24) is 15.1 Å². The number of nitrogens with zero attached hydrogens (tertiary/aromatic N) is 2. The van der Waals surface area contributed by atoms with E-state index in [1.165, 1.54) is 5.56 Å². The van der Waals surface area contributed by atoms with Crippen molar-refractivity contribution in [3.63, 3.8) is 0 Å². The van der Waals surface area contributed by atoms with Gasteiger partial charge >= 0.3 is 0 Å². The molecule has 0 spiro atoms. The van der Waals surface area contributed by atoms with Crippen LogP contribution in [0.3, 0.4) is 0 Å². The molecule has 2 aliphatic rings. The van der Waals surface area contributed by atoms with E-state index in [0.29, 0.717) is 28.1 Å². The lowest BCUT2D eigenvalue weighted by atomic mass is 9.98. The van der Waals surface area contributed by atoms with Crippen molar-refractivity contribution < 1.29 is 9.59 Å². The van der Waals surface area contributed by atoms with Crippen LogP contribution in [0.1, 0.15) is 45.6 Å². The number of benzene rings is 4. The monoisotopic (exact) mass is 571 g/mol. The van der Waals surface area contributed by atoms with Gasteiger partial charge in [-0.1, -0.05) is 72.8 Å². The van der Waals surface area contributed by atoms with E-state index in [1.807, 2.05) is 67.6 Å². The highest BCUT2D eigenvalue weighted by Crippen LogP contribution is 2.38. The third-order valence-electron chi connectivity index (χ3n) is 8.21. The van der Waals surface area contributed by atoms with Crippen molar-refractivity contribution in [3.05, 3.63) is 131 Å². The van der Waals surface area contributed by atoms with E-state index < -0.39 is 0 Å². The van der Waals surface area contributed by atoms with Gasteiger partial charge in [0.15, 0.2) is 0 Å². The summed E-state index contributed by atoms with van der Waals surface area (Å²) in [6.45, 7) is 7.20. The molecule has 6 rings (SSSR count). The van der Waals surface area contributed by atoms with Crippen LogP contribution < -0.4 is 16.0 Å². The molecule has 1 fully saturated rings. The van der Waals surface area contributed by atoms with Crippen LogP contribution in [-0.2, 0) is 11.3 Å². The number of rotatable bonds is 8. The van der Waals surface area contributed by atoms with Crippen LogP contribution in [0.2, 0.25) is 0 Å². The molecule has 218 valence electrons. The topological polar surface area (TPSA) is 76.7 Å². The van der Waals surface area contributed by atoms with E-state index in [4.69, 9.17) is 0 Å². The van der Waals surface area contributed by atoms with Crippen molar-refractivity contribution >= 4 is 34.5 Å². The second kappa shape index (κ2) is 12.7. The zero-order chi connectivity index (χ0) is 29.8. The largest absolute Gasteiger partial charge is 0.354 e. The molecule has 2 heterocycles. The summed E-state index contributed by atoms with van der Waals surface area (Å²) in [5.74, 6) is -0.397. The summed E-state index contributed by atoms with van der Waals surface area (Å²) < 4.78 is 0. The Labute approximate surface area is 253 Å². The standard InChI is InChI=1S/C36H37N5O2/c1-25(27-9-5-3-6-10-27)37-35(42)29-15-18-32-31(23-29)33(36(43)39-32)34(28-11-7-4-8-12-28)38-30-16-13-26(14-17-30)24-41-21-19-40(2)20-22-41/h3-18,23,25,38H,19-22,24H2,1-2H3,(H,37,42)(H,39,43)/t25-/m1/s1. The zero-order valence-electron chi connectivity index (χ0n) is 24.6. The van der Waals surface area contributed by atoms with E-state index in [1.54, 1.807) is 18.2 Å². The Morgan fingerprint density at radius 3 is 2.21 bits per heavy atom. The molecule has 1 atom stereocenters. The van der Waals surface area contributed by atoms with E-state index in [0.717, 1.165) is 49.5 Å². The first kappa shape index (κ1) is 28.4. The van der Waals surface area contributed by atoms with E-state index >= 15 is 0 Å². The highest BCUT2D eigenvalue weighted by Gasteiger charge is 2.29. The number of hydrogen-bond acceptors (Lipinski definition) is 5. The van der Waals surface area contributed by atoms with Crippen molar-refractivity contribution in [2.24, 2.45) is 0 Å². The third-order valence-corrected chi connectivity index (χ3v) is 8.21. The lowest BCUT2D eigenvalue weighted by Gasteiger charge is -2.32. The van der Waals surface area contributed by atoms with Gasteiger partial charge in [0.2, 0.25) is 0 Å². The summed E-state index contributed by atoms with van der Waals surface area (Å²) >= 11 is 0. The predicted molar refractivity (Wildman–Crippen MR) is 173 cm³/mol. The molecule has 0 saturated carbocycles. The van der Waals surface area contributed by atoms with Gasteiger partial charge in [-0.25, -0.2) is 0 Å². The van der Waals surface area contributed by atoms with E-state index in [-0.39, 0.29) is 17.9 Å². The lowest BCUT2D eigenvalue weighted by Crippen LogP contribution is -2.43. The highest BCUT2D eigenvalue weighted by molar-refractivity contribution is 6.37. The van der Waals surface area contributed by atoms with Gasteiger partial charge in [-0.05, 0) is 61.0 Å². The molecular weight excluding hydrogens is 534 g/mol. The van der Waals surface area contributed by atoms with E-state index in [2.05, 4.69) is 57.1 Å². The molecule has 2 amide bonds. The van der Waals surface area contributed by atoms with Crippen molar-refractivity contribution in [1.29, 1.82) is 0 Å². The third kappa shape index (κ3) is 6.53. The van der Waals surface area contributed by atoms with Gasteiger partial charge in [-0.3, -0.25) is 14.5 Å². The first-order valence-corrected chi connectivity index (χ1v) is 14.8. The molecule has 3 N–H and O–H groups in total. The molecule has 7 nitrogen and oxygen atoms in total. The molecule has 2 aliphatic heterocycles. The molecule has 4 aromatic rings. The molecule has 0 aliphatic carbocycles.